The minimum absolute atomic E-state index is 0.0939. The first kappa shape index (κ1) is 27.1. The SMILES string of the molecule is CC(C)(C)CC(C)(C)c1cc(N=Nc2cc3sc(=O)[nH]c3cc2Cl)c(O)c(C(C)(C)c2ccccc2)c1. The lowest BCUT2D eigenvalue weighted by molar-refractivity contribution is 0.283. The van der Waals surface area contributed by atoms with Crippen LogP contribution in [-0.2, 0) is 10.8 Å². The lowest BCUT2D eigenvalue weighted by Gasteiger charge is -2.35. The van der Waals surface area contributed by atoms with Crippen molar-refractivity contribution in [3.05, 3.63) is 86.0 Å². The summed E-state index contributed by atoms with van der Waals surface area (Å²) in [5.41, 5.74) is 3.91. The summed E-state index contributed by atoms with van der Waals surface area (Å²) in [4.78, 5) is 14.4. The van der Waals surface area contributed by atoms with Gasteiger partial charge in [0.1, 0.15) is 17.1 Å². The van der Waals surface area contributed by atoms with Crippen molar-refractivity contribution < 1.29 is 5.11 Å². The van der Waals surface area contributed by atoms with Gasteiger partial charge in [0.2, 0.25) is 0 Å². The summed E-state index contributed by atoms with van der Waals surface area (Å²) in [6.07, 6.45) is 0.946. The molecule has 0 aliphatic heterocycles. The summed E-state index contributed by atoms with van der Waals surface area (Å²) in [7, 11) is 0. The fourth-order valence-electron chi connectivity index (χ4n) is 5.15. The maximum Gasteiger partial charge on any atom is 0.305 e. The first-order valence-electron chi connectivity index (χ1n) is 12.3. The molecule has 0 aliphatic carbocycles. The van der Waals surface area contributed by atoms with Crippen LogP contribution in [0.2, 0.25) is 5.02 Å². The third-order valence-electron chi connectivity index (χ3n) is 6.77. The van der Waals surface area contributed by atoms with Crippen molar-refractivity contribution >= 4 is 44.5 Å². The average Bonchev–Trinajstić information content (AvgIpc) is 3.15. The van der Waals surface area contributed by atoms with Crippen molar-refractivity contribution in [2.45, 2.75) is 65.7 Å². The van der Waals surface area contributed by atoms with E-state index >= 15 is 0 Å². The molecule has 194 valence electrons. The molecule has 2 N–H and O–H groups in total. The highest BCUT2D eigenvalue weighted by molar-refractivity contribution is 7.16. The number of fused-ring (bicyclic) bond motifs is 1. The molecule has 0 aliphatic rings. The number of benzene rings is 3. The Balaban J connectivity index is 1.88. The van der Waals surface area contributed by atoms with Crippen LogP contribution < -0.4 is 4.87 Å². The molecular weight excluding hydrogens is 502 g/mol. The van der Waals surface area contributed by atoms with Gasteiger partial charge in [-0.1, -0.05) is 108 Å². The summed E-state index contributed by atoms with van der Waals surface area (Å²) in [5, 5.41) is 20.8. The molecule has 3 aromatic carbocycles. The summed E-state index contributed by atoms with van der Waals surface area (Å²) in [5.74, 6) is 0.0939. The number of rotatable bonds is 6. The Bertz CT molecular complexity index is 1530. The molecule has 4 rings (SSSR count). The number of aromatic amines is 1. The van der Waals surface area contributed by atoms with E-state index in [1.54, 1.807) is 12.1 Å². The smallest absolute Gasteiger partial charge is 0.305 e. The van der Waals surface area contributed by atoms with Crippen molar-refractivity contribution in [1.29, 1.82) is 0 Å². The number of phenolic OH excluding ortho intramolecular Hbond substituents is 1. The van der Waals surface area contributed by atoms with E-state index in [2.05, 4.69) is 81.9 Å². The highest BCUT2D eigenvalue weighted by Gasteiger charge is 2.33. The van der Waals surface area contributed by atoms with Gasteiger partial charge in [-0.15, -0.1) is 10.2 Å². The van der Waals surface area contributed by atoms with Crippen LogP contribution in [0.4, 0.5) is 11.4 Å². The van der Waals surface area contributed by atoms with Gasteiger partial charge in [0.05, 0.1) is 15.2 Å². The number of hydrogen-bond acceptors (Lipinski definition) is 5. The van der Waals surface area contributed by atoms with E-state index < -0.39 is 5.41 Å². The van der Waals surface area contributed by atoms with Gasteiger partial charge in [0, 0.05) is 11.0 Å². The molecule has 0 atom stereocenters. The van der Waals surface area contributed by atoms with Crippen LogP contribution in [0.3, 0.4) is 0 Å². The molecule has 1 heterocycles. The van der Waals surface area contributed by atoms with Gasteiger partial charge in [0.15, 0.2) is 0 Å². The van der Waals surface area contributed by atoms with Gasteiger partial charge >= 0.3 is 4.87 Å². The minimum atomic E-state index is -0.475. The van der Waals surface area contributed by atoms with Crippen LogP contribution >= 0.6 is 22.9 Å². The average molecular weight is 536 g/mol. The number of phenols is 1. The second kappa shape index (κ2) is 9.73. The Morgan fingerprint density at radius 2 is 1.54 bits per heavy atom. The van der Waals surface area contributed by atoms with Crippen LogP contribution in [0.15, 0.2) is 69.6 Å². The third kappa shape index (κ3) is 5.81. The Labute approximate surface area is 227 Å². The van der Waals surface area contributed by atoms with Gasteiger partial charge in [-0.2, -0.15) is 0 Å². The van der Waals surface area contributed by atoms with Crippen LogP contribution in [0.25, 0.3) is 10.2 Å². The number of azo groups is 1. The van der Waals surface area contributed by atoms with E-state index in [0.29, 0.717) is 21.9 Å². The molecule has 0 unspecified atom stereocenters. The van der Waals surface area contributed by atoms with E-state index in [4.69, 9.17) is 11.6 Å². The van der Waals surface area contributed by atoms with Crippen LogP contribution in [-0.4, -0.2) is 10.1 Å². The van der Waals surface area contributed by atoms with E-state index in [0.717, 1.165) is 39.1 Å². The zero-order valence-corrected chi connectivity index (χ0v) is 24.0. The van der Waals surface area contributed by atoms with Gasteiger partial charge in [-0.25, -0.2) is 0 Å². The molecule has 0 saturated carbocycles. The van der Waals surface area contributed by atoms with Crippen molar-refractivity contribution in [2.75, 3.05) is 0 Å². The van der Waals surface area contributed by atoms with E-state index in [1.807, 2.05) is 24.3 Å². The number of aromatic nitrogens is 1. The minimum Gasteiger partial charge on any atom is -0.505 e. The molecule has 5 nitrogen and oxygen atoms in total. The molecule has 1 aromatic heterocycles. The summed E-state index contributed by atoms with van der Waals surface area (Å²) in [6.45, 7) is 15.4. The van der Waals surface area contributed by atoms with Crippen molar-refractivity contribution in [1.82, 2.24) is 4.98 Å². The summed E-state index contributed by atoms with van der Waals surface area (Å²) >= 11 is 7.54. The number of aromatic hydroxyl groups is 1. The highest BCUT2D eigenvalue weighted by Crippen LogP contribution is 2.47. The molecule has 7 heteroatoms. The maximum atomic E-state index is 11.7. The van der Waals surface area contributed by atoms with Crippen molar-refractivity contribution in [3.8, 4) is 5.75 Å². The molecular formula is C30H34ClN3O2S. The summed E-state index contributed by atoms with van der Waals surface area (Å²) in [6, 6.07) is 17.6. The van der Waals surface area contributed by atoms with Gasteiger partial charge < -0.3 is 10.1 Å². The predicted octanol–water partition coefficient (Wildman–Crippen LogP) is 9.40. The molecule has 37 heavy (non-hydrogen) atoms. The summed E-state index contributed by atoms with van der Waals surface area (Å²) < 4.78 is 0.749. The van der Waals surface area contributed by atoms with Gasteiger partial charge in [0.25, 0.3) is 0 Å². The Morgan fingerprint density at radius 1 is 0.892 bits per heavy atom. The number of nitrogens with zero attached hydrogens (tertiary/aromatic N) is 2. The lowest BCUT2D eigenvalue weighted by Crippen LogP contribution is -2.26. The Hall–Kier alpha value is -2.96. The number of hydrogen-bond donors (Lipinski definition) is 2. The van der Waals surface area contributed by atoms with Crippen LogP contribution in [0, 0.1) is 5.41 Å². The third-order valence-corrected chi connectivity index (χ3v) is 7.91. The topological polar surface area (TPSA) is 77.8 Å². The molecule has 0 saturated heterocycles. The Morgan fingerprint density at radius 3 is 2.19 bits per heavy atom. The highest BCUT2D eigenvalue weighted by atomic mass is 35.5. The largest absolute Gasteiger partial charge is 0.505 e. The molecule has 0 bridgehead atoms. The van der Waals surface area contributed by atoms with Crippen molar-refractivity contribution in [3.63, 3.8) is 0 Å². The van der Waals surface area contributed by atoms with Crippen molar-refractivity contribution in [2.24, 2.45) is 15.6 Å². The molecule has 0 amide bonds. The normalized spacial score (nSPS) is 13.1. The number of H-pyrrole nitrogens is 1. The first-order chi connectivity index (χ1) is 17.2. The zero-order valence-electron chi connectivity index (χ0n) is 22.4. The second-order valence-electron chi connectivity index (χ2n) is 12.0. The zero-order chi connectivity index (χ0) is 27.2. The maximum absolute atomic E-state index is 11.7. The monoisotopic (exact) mass is 535 g/mol. The predicted molar refractivity (Wildman–Crippen MR) is 155 cm³/mol. The lowest BCUT2D eigenvalue weighted by atomic mass is 9.70. The fraction of sp³-hybridized carbons (Fsp3) is 0.367. The van der Waals surface area contributed by atoms with Crippen LogP contribution in [0.5, 0.6) is 5.75 Å². The molecule has 0 radical (unpaired) electrons. The van der Waals surface area contributed by atoms with E-state index in [9.17, 15) is 9.90 Å². The number of halogens is 1. The van der Waals surface area contributed by atoms with Gasteiger partial charge in [-0.3, -0.25) is 4.79 Å². The number of thiazole rings is 1. The van der Waals surface area contributed by atoms with Crippen LogP contribution in [0.1, 0.15) is 71.6 Å². The second-order valence-corrected chi connectivity index (χ2v) is 13.4. The Kier molecular flexibility index (Phi) is 7.12. The molecule has 4 aromatic rings. The molecule has 0 fully saturated rings. The standard InChI is InChI=1S/C30H34ClN3O2S/c1-28(2,3)17-29(4,5)19-13-20(30(6,7)18-11-9-8-10-12-18)26(35)24(14-19)34-33-22-16-25-23(15-21(22)31)32-27(36)37-25/h8-16,35H,17H2,1-7H3,(H,32,36). The fourth-order valence-corrected chi connectivity index (χ4v) is 6.10. The van der Waals surface area contributed by atoms with E-state index in [1.165, 1.54) is 0 Å². The quantitative estimate of drug-likeness (QED) is 0.241. The number of nitrogens with one attached hydrogen (secondary N) is 1. The van der Waals surface area contributed by atoms with E-state index in [-0.39, 0.29) is 21.5 Å². The molecule has 0 spiro atoms. The van der Waals surface area contributed by atoms with Gasteiger partial charge in [-0.05, 0) is 46.6 Å². The first-order valence-corrected chi connectivity index (χ1v) is 13.5.